The van der Waals surface area contributed by atoms with Gasteiger partial charge in [-0.3, -0.25) is 4.79 Å². The summed E-state index contributed by atoms with van der Waals surface area (Å²) in [5, 5.41) is 2.44. The van der Waals surface area contributed by atoms with Gasteiger partial charge in [0.15, 0.2) is 0 Å². The first-order valence-electron chi connectivity index (χ1n) is 12.0. The van der Waals surface area contributed by atoms with Crippen molar-refractivity contribution >= 4 is 12.0 Å². The van der Waals surface area contributed by atoms with Crippen LogP contribution in [0.3, 0.4) is 0 Å². The third-order valence-electron chi connectivity index (χ3n) is 6.84. The minimum Gasteiger partial charge on any atom is -0.352 e. The molecule has 200 valence electrons. The highest BCUT2D eigenvalue weighted by Crippen LogP contribution is 2.43. The molecule has 1 aliphatic carbocycles. The number of likely N-dealkylation sites (tertiary alicyclic amines) is 1. The molecule has 3 nitrogen and oxygen atoms in total. The third kappa shape index (κ3) is 7.03. The highest BCUT2D eigenvalue weighted by Gasteiger charge is 2.38. The topological polar surface area (TPSA) is 32.3 Å². The van der Waals surface area contributed by atoms with E-state index >= 15 is 0 Å². The van der Waals surface area contributed by atoms with Crippen LogP contribution in [0.1, 0.15) is 53.5 Å². The Morgan fingerprint density at radius 3 is 2.14 bits per heavy atom. The van der Waals surface area contributed by atoms with Gasteiger partial charge >= 0.3 is 12.4 Å². The van der Waals surface area contributed by atoms with Gasteiger partial charge in [0.25, 0.3) is 0 Å². The van der Waals surface area contributed by atoms with E-state index in [1.54, 1.807) is 0 Å². The molecular weight excluding hydrogens is 494 g/mol. The van der Waals surface area contributed by atoms with Gasteiger partial charge in [-0.05, 0) is 73.8 Å². The largest absolute Gasteiger partial charge is 0.416 e. The molecule has 4 rings (SSSR count). The average Bonchev–Trinajstić information content (AvgIpc) is 3.22. The molecule has 1 saturated heterocycles. The molecule has 1 fully saturated rings. The van der Waals surface area contributed by atoms with Crippen molar-refractivity contribution in [2.24, 2.45) is 0 Å². The number of hydrogen-bond donors (Lipinski definition) is 1. The number of benzene rings is 2. The third-order valence-corrected chi connectivity index (χ3v) is 6.84. The number of fused-ring (bicyclic) bond motifs is 2. The molecule has 37 heavy (non-hydrogen) atoms. The number of alkyl halides is 6. The number of rotatable bonds is 6. The smallest absolute Gasteiger partial charge is 0.352 e. The number of piperidine rings is 1. The van der Waals surface area contributed by atoms with Crippen LogP contribution in [0.15, 0.2) is 61.7 Å². The predicted octanol–water partition coefficient (Wildman–Crippen LogP) is 6.98. The number of carbonyl (C=O) groups excluding carboxylic acids is 1. The Morgan fingerprint density at radius 1 is 0.946 bits per heavy atom. The van der Waals surface area contributed by atoms with Crippen molar-refractivity contribution in [3.8, 4) is 0 Å². The number of hydrogen-bond acceptors (Lipinski definition) is 2. The fraction of sp³-hybridized carbons (Fsp3) is 0.393. The van der Waals surface area contributed by atoms with Crippen LogP contribution in [0.5, 0.6) is 0 Å². The number of halogens is 6. The van der Waals surface area contributed by atoms with E-state index in [1.165, 1.54) is 11.1 Å². The molecular formula is C28H30F6N2O. The lowest BCUT2D eigenvalue weighted by Gasteiger charge is -2.39. The zero-order valence-corrected chi connectivity index (χ0v) is 20.4. The van der Waals surface area contributed by atoms with Crippen LogP contribution in [0.4, 0.5) is 26.3 Å². The van der Waals surface area contributed by atoms with E-state index in [1.807, 2.05) is 6.07 Å². The zero-order valence-electron chi connectivity index (χ0n) is 20.4. The van der Waals surface area contributed by atoms with Crippen LogP contribution >= 0.6 is 0 Å². The molecule has 0 bridgehead atoms. The molecule has 0 atom stereocenters. The maximum Gasteiger partial charge on any atom is 0.416 e. The summed E-state index contributed by atoms with van der Waals surface area (Å²) in [6.07, 6.45) is -2.67. The van der Waals surface area contributed by atoms with Gasteiger partial charge in [-0.25, -0.2) is 0 Å². The van der Waals surface area contributed by atoms with Crippen LogP contribution < -0.4 is 5.32 Å². The number of nitrogens with one attached hydrogen (secondary N) is 1. The number of allylic oxidation sites excluding steroid dienone is 1. The monoisotopic (exact) mass is 524 g/mol. The Hall–Kier alpha value is -3.07. The lowest BCUT2D eigenvalue weighted by atomic mass is 9.74. The number of carbonyl (C=O) groups is 1. The molecule has 1 N–H and O–H groups in total. The standard InChI is InChI=1S/C26H26F6N2O.C2H4/c27-25(28,29)20-14-18(15-21(16-20)26(30,31)32)17-33-23(35)6-3-11-34-12-9-24(10-13-34)8-7-19-4-1-2-5-22(19)24;1-2/h1-2,4-5,7-8,14-16H,3,6,9-13,17H2,(H,33,35);1-2H2. The summed E-state index contributed by atoms with van der Waals surface area (Å²) in [7, 11) is 0. The molecule has 1 amide bonds. The Labute approximate surface area is 212 Å². The van der Waals surface area contributed by atoms with Crippen LogP contribution in [0.2, 0.25) is 0 Å². The summed E-state index contributed by atoms with van der Waals surface area (Å²) in [5.41, 5.74) is -0.321. The summed E-state index contributed by atoms with van der Waals surface area (Å²) >= 11 is 0. The molecule has 0 unspecified atom stereocenters. The molecule has 2 aromatic rings. The van der Waals surface area contributed by atoms with E-state index in [2.05, 4.69) is 53.7 Å². The highest BCUT2D eigenvalue weighted by molar-refractivity contribution is 5.75. The van der Waals surface area contributed by atoms with E-state index in [-0.39, 0.29) is 23.5 Å². The highest BCUT2D eigenvalue weighted by atomic mass is 19.4. The first-order chi connectivity index (χ1) is 17.5. The second kappa shape index (κ2) is 11.5. The molecule has 2 aromatic carbocycles. The first-order valence-corrected chi connectivity index (χ1v) is 12.0. The Bertz CT molecular complexity index is 1080. The van der Waals surface area contributed by atoms with Crippen LogP contribution in [0.25, 0.3) is 6.08 Å². The minimum absolute atomic E-state index is 0.0741. The Morgan fingerprint density at radius 2 is 1.54 bits per heavy atom. The van der Waals surface area contributed by atoms with Crippen LogP contribution in [-0.2, 0) is 29.1 Å². The van der Waals surface area contributed by atoms with Crippen molar-refractivity contribution in [2.75, 3.05) is 19.6 Å². The summed E-state index contributed by atoms with van der Waals surface area (Å²) in [5.74, 6) is -0.405. The summed E-state index contributed by atoms with van der Waals surface area (Å²) in [6.45, 7) is 8.09. The molecule has 1 aliphatic heterocycles. The maximum absolute atomic E-state index is 13.0. The second-order valence-corrected chi connectivity index (χ2v) is 9.21. The van der Waals surface area contributed by atoms with Gasteiger partial charge in [0.05, 0.1) is 11.1 Å². The fourth-order valence-corrected chi connectivity index (χ4v) is 4.92. The summed E-state index contributed by atoms with van der Waals surface area (Å²) in [6, 6.07) is 9.73. The van der Waals surface area contributed by atoms with Gasteiger partial charge in [-0.2, -0.15) is 26.3 Å². The minimum atomic E-state index is -4.91. The fourth-order valence-electron chi connectivity index (χ4n) is 4.92. The summed E-state index contributed by atoms with van der Waals surface area (Å²) in [4.78, 5) is 14.5. The quantitative estimate of drug-likeness (QED) is 0.327. The average molecular weight is 525 g/mol. The van der Waals surface area contributed by atoms with Crippen LogP contribution in [0, 0.1) is 0 Å². The van der Waals surface area contributed by atoms with Gasteiger partial charge < -0.3 is 10.2 Å². The lowest BCUT2D eigenvalue weighted by Crippen LogP contribution is -2.41. The first kappa shape index (κ1) is 28.5. The second-order valence-electron chi connectivity index (χ2n) is 9.21. The summed E-state index contributed by atoms with van der Waals surface area (Å²) < 4.78 is 77.9. The predicted molar refractivity (Wildman–Crippen MR) is 132 cm³/mol. The molecule has 0 aromatic heterocycles. The molecule has 2 aliphatic rings. The van der Waals surface area contributed by atoms with Crippen molar-refractivity contribution in [1.82, 2.24) is 10.2 Å². The molecule has 1 heterocycles. The van der Waals surface area contributed by atoms with Crippen LogP contribution in [-0.4, -0.2) is 30.4 Å². The van der Waals surface area contributed by atoms with Gasteiger partial charge in [-0.1, -0.05) is 36.4 Å². The Kier molecular flexibility index (Phi) is 8.89. The van der Waals surface area contributed by atoms with Crippen molar-refractivity contribution < 1.29 is 31.1 Å². The van der Waals surface area contributed by atoms with E-state index in [0.29, 0.717) is 25.1 Å². The number of nitrogens with zero attached hydrogens (tertiary/aromatic N) is 1. The Balaban J connectivity index is 0.00000186. The normalized spacial score (nSPS) is 16.7. The van der Waals surface area contributed by atoms with E-state index in [4.69, 9.17) is 0 Å². The zero-order chi connectivity index (χ0) is 27.3. The van der Waals surface area contributed by atoms with Gasteiger partial charge in [-0.15, -0.1) is 13.2 Å². The van der Waals surface area contributed by atoms with E-state index in [9.17, 15) is 31.1 Å². The van der Waals surface area contributed by atoms with Gasteiger partial charge in [0.2, 0.25) is 5.91 Å². The molecule has 9 heteroatoms. The molecule has 0 saturated carbocycles. The van der Waals surface area contributed by atoms with Crippen molar-refractivity contribution in [1.29, 1.82) is 0 Å². The lowest BCUT2D eigenvalue weighted by molar-refractivity contribution is -0.143. The van der Waals surface area contributed by atoms with Crippen molar-refractivity contribution in [3.63, 3.8) is 0 Å². The number of amides is 1. The van der Waals surface area contributed by atoms with E-state index in [0.717, 1.165) is 25.9 Å². The molecule has 0 radical (unpaired) electrons. The SMILES string of the molecule is C=C.O=C(CCCN1CCC2(C=Cc3ccccc32)CC1)NCc1cc(C(F)(F)F)cc(C(F)(F)F)c1. The maximum atomic E-state index is 13.0. The van der Waals surface area contributed by atoms with Crippen molar-refractivity contribution in [2.45, 2.75) is 50.0 Å². The van der Waals surface area contributed by atoms with Crippen molar-refractivity contribution in [3.05, 3.63) is 89.5 Å². The van der Waals surface area contributed by atoms with Gasteiger partial charge in [0, 0.05) is 18.4 Å². The van der Waals surface area contributed by atoms with E-state index < -0.39 is 35.9 Å². The molecule has 1 spiro atoms. The van der Waals surface area contributed by atoms with Gasteiger partial charge in [0.1, 0.15) is 0 Å².